The second kappa shape index (κ2) is 8.39. The fourth-order valence-corrected chi connectivity index (χ4v) is 3.26. The Kier molecular flexibility index (Phi) is 6.85. The predicted molar refractivity (Wildman–Crippen MR) is 105 cm³/mol. The van der Waals surface area contributed by atoms with Crippen LogP contribution in [-0.2, 0) is 24.0 Å². The first-order valence-electron chi connectivity index (χ1n) is 9.72. The molecule has 2 rings (SSSR count). The average Bonchev–Trinajstić information content (AvgIpc) is 3.22. The van der Waals surface area contributed by atoms with Crippen LogP contribution in [0.15, 0.2) is 37.5 Å². The van der Waals surface area contributed by atoms with Crippen molar-refractivity contribution in [2.24, 2.45) is 5.92 Å². The van der Waals surface area contributed by atoms with E-state index in [2.05, 4.69) is 13.2 Å². The Morgan fingerprint density at radius 3 is 2.30 bits per heavy atom. The van der Waals surface area contributed by atoms with Crippen LogP contribution in [0.25, 0.3) is 0 Å². The highest BCUT2D eigenvalue weighted by Gasteiger charge is 2.38. The van der Waals surface area contributed by atoms with Crippen LogP contribution in [-0.4, -0.2) is 35.0 Å². The molecule has 2 fully saturated rings. The lowest BCUT2D eigenvalue weighted by Gasteiger charge is -2.25. The van der Waals surface area contributed by atoms with E-state index in [4.69, 9.17) is 19.2 Å². The first-order valence-corrected chi connectivity index (χ1v) is 9.72. The van der Waals surface area contributed by atoms with Gasteiger partial charge in [-0.1, -0.05) is 19.1 Å². The third-order valence-corrected chi connectivity index (χ3v) is 5.51. The van der Waals surface area contributed by atoms with Crippen molar-refractivity contribution in [1.82, 2.24) is 0 Å². The molecule has 0 unspecified atom stereocenters. The van der Waals surface area contributed by atoms with Gasteiger partial charge in [-0.3, -0.25) is 4.79 Å². The van der Waals surface area contributed by atoms with Crippen LogP contribution in [0.4, 0.5) is 0 Å². The molecule has 0 amide bonds. The minimum absolute atomic E-state index is 0.0151. The molecule has 0 radical (unpaired) electrons. The summed E-state index contributed by atoms with van der Waals surface area (Å²) in [5.74, 6) is -0.201. The lowest BCUT2D eigenvalue weighted by atomic mass is 9.94. The van der Waals surface area contributed by atoms with Gasteiger partial charge in [-0.05, 0) is 59.1 Å². The molecule has 0 bridgehead atoms. The molecular formula is C22H34O5. The van der Waals surface area contributed by atoms with Crippen LogP contribution in [0.2, 0.25) is 0 Å². The van der Waals surface area contributed by atoms with E-state index in [-0.39, 0.29) is 29.0 Å². The zero-order chi connectivity index (χ0) is 20.3. The number of ether oxygens (including phenoxy) is 2. The Balaban J connectivity index is 1.83. The molecular weight excluding hydrogens is 344 g/mol. The maximum Gasteiger partial charge on any atom is 0.192 e. The summed E-state index contributed by atoms with van der Waals surface area (Å²) in [6, 6.07) is 0. The number of rotatable bonds is 9. The number of ketones is 1. The Morgan fingerprint density at radius 2 is 1.74 bits per heavy atom. The Morgan fingerprint density at radius 1 is 1.15 bits per heavy atom. The predicted octanol–water partition coefficient (Wildman–Crippen LogP) is 4.68. The van der Waals surface area contributed by atoms with E-state index in [1.54, 1.807) is 18.2 Å². The molecule has 5 nitrogen and oxygen atoms in total. The summed E-state index contributed by atoms with van der Waals surface area (Å²) in [4.78, 5) is 23.5. The van der Waals surface area contributed by atoms with Gasteiger partial charge in [-0.2, -0.15) is 0 Å². The summed E-state index contributed by atoms with van der Waals surface area (Å²) in [6.45, 7) is 17.2. The summed E-state index contributed by atoms with van der Waals surface area (Å²) in [5, 5.41) is 0. The van der Waals surface area contributed by atoms with Crippen molar-refractivity contribution in [3.8, 4) is 0 Å². The highest BCUT2D eigenvalue weighted by atomic mass is 17.2. The van der Waals surface area contributed by atoms with Gasteiger partial charge in [-0.15, -0.1) is 13.2 Å². The second-order valence-corrected chi connectivity index (χ2v) is 8.62. The molecule has 0 aromatic rings. The minimum Gasteiger partial charge on any atom is -0.367 e. The molecule has 5 atom stereocenters. The maximum absolute atomic E-state index is 12.5. The van der Waals surface area contributed by atoms with E-state index in [0.29, 0.717) is 0 Å². The molecule has 0 aromatic heterocycles. The van der Waals surface area contributed by atoms with E-state index >= 15 is 0 Å². The van der Waals surface area contributed by atoms with Gasteiger partial charge in [0.2, 0.25) is 0 Å². The normalized spacial score (nSPS) is 35.4. The van der Waals surface area contributed by atoms with E-state index in [1.165, 1.54) is 0 Å². The van der Waals surface area contributed by atoms with E-state index < -0.39 is 11.9 Å². The van der Waals surface area contributed by atoms with E-state index in [9.17, 15) is 4.79 Å². The average molecular weight is 379 g/mol. The standard InChI is InChI=1S/C22H34O5/c1-8-21(6)14-11-18(24-21)16(3)17(23)10-13-20(4,5)27-26-19-12-15-22(7,9-2)25-19/h8-10,13,16,18-19H,1-2,11-12,14-15H2,3-7H3/b13-10+/t16-,18+,19-,21+,22+/m1/s1. The SMILES string of the molecule is C=C[C@@]1(C)CC[C@@H](OOC(C)(C)/C=C/C(=O)[C@@H](C)[C@@H]2CC[C@](C)(C=C)O2)O1. The first-order chi connectivity index (χ1) is 12.5. The summed E-state index contributed by atoms with van der Waals surface area (Å²) < 4.78 is 11.8. The lowest BCUT2D eigenvalue weighted by Crippen LogP contribution is -2.30. The van der Waals surface area contributed by atoms with Crippen LogP contribution >= 0.6 is 0 Å². The molecule has 2 heterocycles. The summed E-state index contributed by atoms with van der Waals surface area (Å²) in [7, 11) is 0. The summed E-state index contributed by atoms with van der Waals surface area (Å²) in [5.41, 5.74) is -1.46. The van der Waals surface area contributed by atoms with Crippen LogP contribution in [0.5, 0.6) is 0 Å². The Labute approximate surface area is 163 Å². The number of hydrogen-bond donors (Lipinski definition) is 0. The van der Waals surface area contributed by atoms with Crippen molar-refractivity contribution in [2.75, 3.05) is 0 Å². The molecule has 0 saturated carbocycles. The number of allylic oxidation sites excluding steroid dienone is 1. The van der Waals surface area contributed by atoms with Crippen molar-refractivity contribution in [1.29, 1.82) is 0 Å². The fraction of sp³-hybridized carbons (Fsp3) is 0.682. The first kappa shape index (κ1) is 22.0. The minimum atomic E-state index is -0.752. The molecule has 0 spiro atoms. The highest BCUT2D eigenvalue weighted by molar-refractivity contribution is 5.92. The van der Waals surface area contributed by atoms with Gasteiger partial charge in [0, 0.05) is 12.3 Å². The third-order valence-electron chi connectivity index (χ3n) is 5.51. The quantitative estimate of drug-likeness (QED) is 0.252. The molecule has 152 valence electrons. The monoisotopic (exact) mass is 378 g/mol. The van der Waals surface area contributed by atoms with Gasteiger partial charge in [0.25, 0.3) is 0 Å². The molecule has 0 N–H and O–H groups in total. The molecule has 0 aromatic carbocycles. The van der Waals surface area contributed by atoms with Crippen LogP contribution in [0.3, 0.4) is 0 Å². The van der Waals surface area contributed by atoms with Gasteiger partial charge < -0.3 is 9.47 Å². The number of hydrogen-bond acceptors (Lipinski definition) is 5. The highest BCUT2D eigenvalue weighted by Crippen LogP contribution is 2.35. The fourth-order valence-electron chi connectivity index (χ4n) is 3.26. The molecule has 2 aliphatic rings. The molecule has 2 saturated heterocycles. The van der Waals surface area contributed by atoms with Crippen molar-refractivity contribution in [2.45, 2.75) is 89.5 Å². The van der Waals surface area contributed by atoms with Gasteiger partial charge in [0.1, 0.15) is 5.60 Å². The van der Waals surface area contributed by atoms with Crippen LogP contribution in [0, 0.1) is 5.92 Å². The van der Waals surface area contributed by atoms with Gasteiger partial charge >= 0.3 is 0 Å². The van der Waals surface area contributed by atoms with Gasteiger partial charge in [0.15, 0.2) is 12.1 Å². The smallest absolute Gasteiger partial charge is 0.192 e. The molecule has 5 heteroatoms. The zero-order valence-corrected chi connectivity index (χ0v) is 17.3. The summed E-state index contributed by atoms with van der Waals surface area (Å²) >= 11 is 0. The number of carbonyl (C=O) groups excluding carboxylic acids is 1. The Bertz CT molecular complexity index is 596. The molecule has 0 aliphatic carbocycles. The lowest BCUT2D eigenvalue weighted by molar-refractivity contribution is -0.408. The third kappa shape index (κ3) is 5.85. The molecule has 27 heavy (non-hydrogen) atoms. The number of carbonyl (C=O) groups is 1. The second-order valence-electron chi connectivity index (χ2n) is 8.62. The largest absolute Gasteiger partial charge is 0.367 e. The van der Waals surface area contributed by atoms with Crippen molar-refractivity contribution in [3.05, 3.63) is 37.5 Å². The summed E-state index contributed by atoms with van der Waals surface area (Å²) in [6.07, 6.45) is 9.66. The van der Waals surface area contributed by atoms with Crippen LogP contribution in [0.1, 0.15) is 60.3 Å². The molecule has 2 aliphatic heterocycles. The van der Waals surface area contributed by atoms with E-state index in [1.807, 2.05) is 40.7 Å². The topological polar surface area (TPSA) is 54.0 Å². The van der Waals surface area contributed by atoms with Crippen LogP contribution < -0.4 is 0 Å². The maximum atomic E-state index is 12.5. The van der Waals surface area contributed by atoms with Crippen molar-refractivity contribution < 1.29 is 24.0 Å². The van der Waals surface area contributed by atoms with Gasteiger partial charge in [-0.25, -0.2) is 9.78 Å². The van der Waals surface area contributed by atoms with E-state index in [0.717, 1.165) is 25.7 Å². The van der Waals surface area contributed by atoms with Crippen molar-refractivity contribution >= 4 is 5.78 Å². The van der Waals surface area contributed by atoms with Crippen molar-refractivity contribution in [3.63, 3.8) is 0 Å². The Hall–Kier alpha value is -1.27. The zero-order valence-electron chi connectivity index (χ0n) is 17.3. The van der Waals surface area contributed by atoms with Gasteiger partial charge in [0.05, 0.1) is 17.3 Å².